The van der Waals surface area contributed by atoms with Crippen LogP contribution in [0.2, 0.25) is 0 Å². The SMILES string of the molecule is CCCCOCCNCCCC#N. The van der Waals surface area contributed by atoms with Crippen molar-refractivity contribution in [2.75, 3.05) is 26.3 Å². The minimum absolute atomic E-state index is 0.643. The van der Waals surface area contributed by atoms with Crippen molar-refractivity contribution >= 4 is 0 Å². The van der Waals surface area contributed by atoms with Gasteiger partial charge in [-0.25, -0.2) is 0 Å². The largest absolute Gasteiger partial charge is 0.380 e. The maximum atomic E-state index is 8.26. The summed E-state index contributed by atoms with van der Waals surface area (Å²) in [5, 5.41) is 11.5. The van der Waals surface area contributed by atoms with Gasteiger partial charge in [-0.3, -0.25) is 0 Å². The lowest BCUT2D eigenvalue weighted by molar-refractivity contribution is 0.133. The number of unbranched alkanes of at least 4 members (excludes halogenated alkanes) is 2. The number of nitriles is 1. The molecule has 1 N–H and O–H groups in total. The third kappa shape index (κ3) is 11.4. The van der Waals surface area contributed by atoms with Gasteiger partial charge in [0.2, 0.25) is 0 Å². The molecule has 3 heteroatoms. The van der Waals surface area contributed by atoms with Gasteiger partial charge in [-0.05, 0) is 19.4 Å². The Bertz CT molecular complexity index is 131. The second kappa shape index (κ2) is 11.4. The highest BCUT2D eigenvalue weighted by molar-refractivity contribution is 4.68. The van der Waals surface area contributed by atoms with Gasteiger partial charge in [0, 0.05) is 19.6 Å². The molecule has 0 radical (unpaired) electrons. The van der Waals surface area contributed by atoms with Crippen molar-refractivity contribution in [3.05, 3.63) is 0 Å². The van der Waals surface area contributed by atoms with E-state index in [2.05, 4.69) is 18.3 Å². The van der Waals surface area contributed by atoms with E-state index in [0.29, 0.717) is 6.42 Å². The van der Waals surface area contributed by atoms with E-state index in [4.69, 9.17) is 10.00 Å². The first kappa shape index (κ1) is 12.4. The van der Waals surface area contributed by atoms with Gasteiger partial charge in [0.1, 0.15) is 0 Å². The second-order valence-corrected chi connectivity index (χ2v) is 2.98. The van der Waals surface area contributed by atoms with E-state index in [1.54, 1.807) is 0 Å². The Morgan fingerprint density at radius 1 is 1.23 bits per heavy atom. The summed E-state index contributed by atoms with van der Waals surface area (Å²) >= 11 is 0. The molecule has 0 aromatic rings. The summed E-state index contributed by atoms with van der Waals surface area (Å²) in [7, 11) is 0. The molecule has 0 aromatic heterocycles. The van der Waals surface area contributed by atoms with Gasteiger partial charge in [-0.1, -0.05) is 13.3 Å². The van der Waals surface area contributed by atoms with Crippen molar-refractivity contribution in [2.45, 2.75) is 32.6 Å². The monoisotopic (exact) mass is 184 g/mol. The number of nitrogens with one attached hydrogen (secondary N) is 1. The van der Waals surface area contributed by atoms with Gasteiger partial charge in [-0.15, -0.1) is 0 Å². The minimum atomic E-state index is 0.643. The molecule has 0 rings (SSSR count). The number of rotatable bonds is 9. The molecule has 0 bridgehead atoms. The molecule has 0 spiro atoms. The summed E-state index contributed by atoms with van der Waals surface area (Å²) in [6, 6.07) is 2.12. The molecule has 0 aromatic carbocycles. The summed E-state index contributed by atoms with van der Waals surface area (Å²) in [6.07, 6.45) is 3.92. The number of nitrogens with zero attached hydrogens (tertiary/aromatic N) is 1. The maximum absolute atomic E-state index is 8.26. The molecule has 0 aliphatic rings. The first-order valence-electron chi connectivity index (χ1n) is 5.07. The number of ether oxygens (including phenoxy) is 1. The zero-order valence-corrected chi connectivity index (χ0v) is 8.51. The van der Waals surface area contributed by atoms with Crippen molar-refractivity contribution in [1.29, 1.82) is 5.26 Å². The quantitative estimate of drug-likeness (QED) is 0.555. The van der Waals surface area contributed by atoms with Crippen LogP contribution in [0.5, 0.6) is 0 Å². The van der Waals surface area contributed by atoms with Crippen LogP contribution in [0, 0.1) is 11.3 Å². The first-order valence-corrected chi connectivity index (χ1v) is 5.07. The Morgan fingerprint density at radius 3 is 2.77 bits per heavy atom. The van der Waals surface area contributed by atoms with Crippen LogP contribution in [0.4, 0.5) is 0 Å². The molecule has 0 aliphatic heterocycles. The van der Waals surface area contributed by atoms with Crippen LogP contribution in [0.3, 0.4) is 0 Å². The average Bonchev–Trinajstić information content (AvgIpc) is 2.16. The van der Waals surface area contributed by atoms with Crippen molar-refractivity contribution in [3.63, 3.8) is 0 Å². The summed E-state index contributed by atoms with van der Waals surface area (Å²) in [6.45, 7) is 5.63. The van der Waals surface area contributed by atoms with Crippen LogP contribution in [0.15, 0.2) is 0 Å². The lowest BCUT2D eigenvalue weighted by atomic mass is 10.3. The fraction of sp³-hybridized carbons (Fsp3) is 0.900. The molecule has 0 aliphatic carbocycles. The standard InChI is InChI=1S/C10H20N2O/c1-2-3-9-13-10-8-12-7-5-4-6-11/h12H,2-5,7-10H2,1H3. The van der Waals surface area contributed by atoms with E-state index < -0.39 is 0 Å². The number of hydrogen-bond acceptors (Lipinski definition) is 3. The Morgan fingerprint density at radius 2 is 2.08 bits per heavy atom. The fourth-order valence-electron chi connectivity index (χ4n) is 0.910. The van der Waals surface area contributed by atoms with Gasteiger partial charge in [-0.2, -0.15) is 5.26 Å². The zero-order chi connectivity index (χ0) is 9.78. The third-order valence-corrected chi connectivity index (χ3v) is 1.71. The van der Waals surface area contributed by atoms with E-state index >= 15 is 0 Å². The highest BCUT2D eigenvalue weighted by Crippen LogP contribution is 1.87. The van der Waals surface area contributed by atoms with Crippen LogP contribution in [-0.4, -0.2) is 26.3 Å². The summed E-state index contributed by atoms with van der Waals surface area (Å²) in [5.74, 6) is 0. The normalized spacial score (nSPS) is 9.85. The second-order valence-electron chi connectivity index (χ2n) is 2.98. The zero-order valence-electron chi connectivity index (χ0n) is 8.51. The predicted molar refractivity (Wildman–Crippen MR) is 53.4 cm³/mol. The van der Waals surface area contributed by atoms with Gasteiger partial charge < -0.3 is 10.1 Å². The molecule has 3 nitrogen and oxygen atoms in total. The van der Waals surface area contributed by atoms with Crippen LogP contribution < -0.4 is 5.32 Å². The van der Waals surface area contributed by atoms with E-state index in [0.717, 1.165) is 39.1 Å². The smallest absolute Gasteiger partial charge is 0.0622 e. The van der Waals surface area contributed by atoms with Gasteiger partial charge in [0.25, 0.3) is 0 Å². The molecule has 0 unspecified atom stereocenters. The summed E-state index contributed by atoms with van der Waals surface area (Å²) in [5.41, 5.74) is 0. The highest BCUT2D eigenvalue weighted by atomic mass is 16.5. The molecule has 0 atom stereocenters. The van der Waals surface area contributed by atoms with Gasteiger partial charge in [0.05, 0.1) is 12.7 Å². The molecule has 0 fully saturated rings. The molecule has 0 saturated carbocycles. The molecule has 76 valence electrons. The van der Waals surface area contributed by atoms with E-state index in [9.17, 15) is 0 Å². The van der Waals surface area contributed by atoms with Crippen LogP contribution in [0.25, 0.3) is 0 Å². The van der Waals surface area contributed by atoms with Crippen molar-refractivity contribution in [2.24, 2.45) is 0 Å². The van der Waals surface area contributed by atoms with Crippen LogP contribution in [0.1, 0.15) is 32.6 Å². The van der Waals surface area contributed by atoms with Crippen LogP contribution >= 0.6 is 0 Å². The van der Waals surface area contributed by atoms with Gasteiger partial charge >= 0.3 is 0 Å². The van der Waals surface area contributed by atoms with Crippen molar-refractivity contribution in [1.82, 2.24) is 5.32 Å². The Labute approximate surface area is 81.1 Å². The maximum Gasteiger partial charge on any atom is 0.0622 e. The molecule has 0 amide bonds. The van der Waals surface area contributed by atoms with Crippen LogP contribution in [-0.2, 0) is 4.74 Å². The minimum Gasteiger partial charge on any atom is -0.380 e. The van der Waals surface area contributed by atoms with E-state index in [1.807, 2.05) is 0 Å². The van der Waals surface area contributed by atoms with Gasteiger partial charge in [0.15, 0.2) is 0 Å². The lowest BCUT2D eigenvalue weighted by Gasteiger charge is -2.04. The Kier molecular flexibility index (Phi) is 10.9. The Hall–Kier alpha value is -0.590. The van der Waals surface area contributed by atoms with Crippen molar-refractivity contribution in [3.8, 4) is 6.07 Å². The topological polar surface area (TPSA) is 45.0 Å². The molecule has 0 saturated heterocycles. The summed E-state index contributed by atoms with van der Waals surface area (Å²) in [4.78, 5) is 0. The first-order chi connectivity index (χ1) is 6.41. The third-order valence-electron chi connectivity index (χ3n) is 1.71. The fourth-order valence-corrected chi connectivity index (χ4v) is 0.910. The predicted octanol–water partition coefficient (Wildman–Crippen LogP) is 1.70. The average molecular weight is 184 g/mol. The number of hydrogen-bond donors (Lipinski definition) is 1. The molecular formula is C10H20N2O. The Balaban J connectivity index is 2.80. The lowest BCUT2D eigenvalue weighted by Crippen LogP contribution is -2.20. The molecular weight excluding hydrogens is 164 g/mol. The van der Waals surface area contributed by atoms with E-state index in [-0.39, 0.29) is 0 Å². The van der Waals surface area contributed by atoms with Crippen molar-refractivity contribution < 1.29 is 4.74 Å². The molecule has 0 heterocycles. The highest BCUT2D eigenvalue weighted by Gasteiger charge is 1.88. The van der Waals surface area contributed by atoms with E-state index in [1.165, 1.54) is 6.42 Å². The molecule has 13 heavy (non-hydrogen) atoms. The summed E-state index contributed by atoms with van der Waals surface area (Å²) < 4.78 is 5.35.